The maximum Gasteiger partial charge on any atom is 0.330 e. The molecule has 0 radical (unpaired) electrons. The Morgan fingerprint density at radius 1 is 1.12 bits per heavy atom. The van der Waals surface area contributed by atoms with E-state index in [1.807, 2.05) is 44.2 Å². The van der Waals surface area contributed by atoms with Gasteiger partial charge >= 0.3 is 5.69 Å². The third kappa shape index (κ3) is 4.51. The van der Waals surface area contributed by atoms with Gasteiger partial charge < -0.3 is 10.6 Å². The van der Waals surface area contributed by atoms with E-state index < -0.39 is 11.2 Å². The molecule has 3 rings (SSSR count). The smallest absolute Gasteiger partial charge is 0.330 e. The van der Waals surface area contributed by atoms with E-state index in [1.165, 1.54) is 15.7 Å². The monoisotopic (exact) mass is 438 g/mol. The molecule has 3 N–H and O–H groups in total. The first-order valence-corrected chi connectivity index (χ1v) is 10.9. The van der Waals surface area contributed by atoms with Crippen molar-refractivity contribution >= 4 is 17.4 Å². The number of nitrogens with two attached hydrogens (primary N) is 1. The summed E-state index contributed by atoms with van der Waals surface area (Å²) in [6.45, 7) is 6.46. The van der Waals surface area contributed by atoms with Crippen LogP contribution in [-0.4, -0.2) is 31.8 Å². The second kappa shape index (κ2) is 10.1. The Labute approximate surface area is 186 Å². The van der Waals surface area contributed by atoms with Gasteiger partial charge in [-0.2, -0.15) is 5.10 Å². The number of nitrogen functional groups attached to an aromatic ring is 1. The number of nitrogens with zero attached hydrogens (tertiary/aromatic N) is 4. The third-order valence-electron chi connectivity index (χ3n) is 5.44. The summed E-state index contributed by atoms with van der Waals surface area (Å²) in [6.07, 6.45) is 4.57. The van der Waals surface area contributed by atoms with Gasteiger partial charge in [-0.15, -0.1) is 0 Å². The molecular formula is C23H30N6O3. The number of benzene rings is 1. The Morgan fingerprint density at radius 2 is 1.81 bits per heavy atom. The summed E-state index contributed by atoms with van der Waals surface area (Å²) >= 11 is 0. The van der Waals surface area contributed by atoms with Crippen LogP contribution in [0.3, 0.4) is 0 Å². The number of carbonyl (C=O) groups excluding carboxylic acids is 1. The number of hydrogen-bond acceptors (Lipinski definition) is 5. The highest BCUT2D eigenvalue weighted by atomic mass is 16.2. The second-order valence-corrected chi connectivity index (χ2v) is 7.70. The zero-order valence-corrected chi connectivity index (χ0v) is 18.8. The highest BCUT2D eigenvalue weighted by Crippen LogP contribution is 2.23. The van der Waals surface area contributed by atoms with Crippen molar-refractivity contribution in [2.24, 2.45) is 0 Å². The number of amides is 1. The lowest BCUT2D eigenvalue weighted by molar-refractivity contribution is 0.0985. The number of carbonyl (C=O) groups is 1. The SMILES string of the molecule is CCCCN(C(=O)c1cnn(-c2ccccc2)c1C)c1c(N)n(CCCC)c(=O)[nH]c1=O. The van der Waals surface area contributed by atoms with E-state index in [9.17, 15) is 14.4 Å². The van der Waals surface area contributed by atoms with E-state index in [1.54, 1.807) is 11.6 Å². The minimum atomic E-state index is -0.669. The van der Waals surface area contributed by atoms with Crippen molar-refractivity contribution in [1.29, 1.82) is 0 Å². The molecule has 0 saturated carbocycles. The molecule has 0 spiro atoms. The van der Waals surface area contributed by atoms with Gasteiger partial charge in [-0.05, 0) is 31.9 Å². The van der Waals surface area contributed by atoms with E-state index >= 15 is 0 Å². The van der Waals surface area contributed by atoms with E-state index in [0.717, 1.165) is 24.9 Å². The molecule has 0 unspecified atom stereocenters. The Kier molecular flexibility index (Phi) is 7.29. The van der Waals surface area contributed by atoms with Crippen LogP contribution >= 0.6 is 0 Å². The van der Waals surface area contributed by atoms with Crippen LogP contribution in [0.4, 0.5) is 11.5 Å². The minimum Gasteiger partial charge on any atom is -0.383 e. The molecule has 0 atom stereocenters. The molecule has 0 bridgehead atoms. The van der Waals surface area contributed by atoms with Crippen molar-refractivity contribution in [1.82, 2.24) is 19.3 Å². The van der Waals surface area contributed by atoms with Gasteiger partial charge in [0.25, 0.3) is 11.5 Å². The second-order valence-electron chi connectivity index (χ2n) is 7.70. The molecule has 0 aliphatic rings. The average molecular weight is 439 g/mol. The third-order valence-corrected chi connectivity index (χ3v) is 5.44. The summed E-state index contributed by atoms with van der Waals surface area (Å²) < 4.78 is 3.01. The zero-order valence-electron chi connectivity index (χ0n) is 18.8. The number of aromatic amines is 1. The normalized spacial score (nSPS) is 11.0. The number of anilines is 2. The van der Waals surface area contributed by atoms with Gasteiger partial charge in [0.2, 0.25) is 0 Å². The lowest BCUT2D eigenvalue weighted by atomic mass is 10.2. The molecule has 0 fully saturated rings. The summed E-state index contributed by atoms with van der Waals surface area (Å²) in [5.74, 6) is -0.374. The van der Waals surface area contributed by atoms with E-state index in [-0.39, 0.29) is 17.4 Å². The standard InChI is InChI=1S/C23H30N6O3/c1-4-6-13-27(19-20(24)28(14-7-5-2)23(32)26-21(19)30)22(31)18-15-25-29(16(18)3)17-11-9-8-10-12-17/h8-12,15H,4-7,13-14,24H2,1-3H3,(H,26,30,32). The van der Waals surface area contributed by atoms with Crippen LogP contribution < -0.4 is 21.9 Å². The lowest BCUT2D eigenvalue weighted by Gasteiger charge is -2.24. The fourth-order valence-corrected chi connectivity index (χ4v) is 3.60. The van der Waals surface area contributed by atoms with Crippen LogP contribution in [0.1, 0.15) is 55.6 Å². The summed E-state index contributed by atoms with van der Waals surface area (Å²) in [6, 6.07) is 9.49. The molecule has 32 heavy (non-hydrogen) atoms. The average Bonchev–Trinajstić information content (AvgIpc) is 3.17. The van der Waals surface area contributed by atoms with Crippen LogP contribution in [-0.2, 0) is 6.54 Å². The van der Waals surface area contributed by atoms with Gasteiger partial charge in [-0.25, -0.2) is 9.48 Å². The molecule has 0 aliphatic heterocycles. The molecule has 9 heteroatoms. The molecule has 2 aromatic heterocycles. The highest BCUT2D eigenvalue weighted by molar-refractivity contribution is 6.07. The molecule has 0 saturated heterocycles. The first-order valence-electron chi connectivity index (χ1n) is 10.9. The molecule has 1 amide bonds. The fourth-order valence-electron chi connectivity index (χ4n) is 3.60. The summed E-state index contributed by atoms with van der Waals surface area (Å²) in [5.41, 5.74) is 6.89. The number of aromatic nitrogens is 4. The van der Waals surface area contributed by atoms with E-state index in [4.69, 9.17) is 5.73 Å². The van der Waals surface area contributed by atoms with Crippen LogP contribution in [0, 0.1) is 6.92 Å². The van der Waals surface area contributed by atoms with Gasteiger partial charge in [0.15, 0.2) is 5.69 Å². The van der Waals surface area contributed by atoms with Crippen molar-refractivity contribution in [3.63, 3.8) is 0 Å². The zero-order chi connectivity index (χ0) is 23.3. The molecular weight excluding hydrogens is 408 g/mol. The van der Waals surface area contributed by atoms with Crippen molar-refractivity contribution in [3.05, 3.63) is 68.6 Å². The van der Waals surface area contributed by atoms with Crippen molar-refractivity contribution < 1.29 is 4.79 Å². The maximum absolute atomic E-state index is 13.6. The predicted molar refractivity (Wildman–Crippen MR) is 126 cm³/mol. The van der Waals surface area contributed by atoms with Crippen molar-refractivity contribution in [2.75, 3.05) is 17.2 Å². The Bertz CT molecular complexity index is 1190. The van der Waals surface area contributed by atoms with E-state index in [2.05, 4.69) is 10.1 Å². The summed E-state index contributed by atoms with van der Waals surface area (Å²) in [4.78, 5) is 42.4. The van der Waals surface area contributed by atoms with Crippen LogP contribution in [0.25, 0.3) is 5.69 Å². The van der Waals surface area contributed by atoms with Crippen LogP contribution in [0.2, 0.25) is 0 Å². The van der Waals surface area contributed by atoms with Gasteiger partial charge in [-0.3, -0.25) is 19.1 Å². The number of unbranched alkanes of at least 4 members (excludes halogenated alkanes) is 2. The summed E-state index contributed by atoms with van der Waals surface area (Å²) in [7, 11) is 0. The molecule has 2 heterocycles. The number of rotatable bonds is 9. The molecule has 3 aromatic rings. The van der Waals surface area contributed by atoms with Crippen LogP contribution in [0.15, 0.2) is 46.1 Å². The van der Waals surface area contributed by atoms with Crippen molar-refractivity contribution in [3.8, 4) is 5.69 Å². The van der Waals surface area contributed by atoms with Crippen LogP contribution in [0.5, 0.6) is 0 Å². The molecule has 170 valence electrons. The quantitative estimate of drug-likeness (QED) is 0.532. The molecule has 1 aromatic carbocycles. The topological polar surface area (TPSA) is 119 Å². The number of hydrogen-bond donors (Lipinski definition) is 2. The largest absolute Gasteiger partial charge is 0.383 e. The van der Waals surface area contributed by atoms with Crippen molar-refractivity contribution in [2.45, 2.75) is 53.0 Å². The van der Waals surface area contributed by atoms with Gasteiger partial charge in [0, 0.05) is 13.1 Å². The number of H-pyrrole nitrogens is 1. The van der Waals surface area contributed by atoms with Gasteiger partial charge in [0.1, 0.15) is 5.82 Å². The highest BCUT2D eigenvalue weighted by Gasteiger charge is 2.27. The lowest BCUT2D eigenvalue weighted by Crippen LogP contribution is -2.41. The molecule has 0 aliphatic carbocycles. The number of nitrogens with one attached hydrogen (secondary N) is 1. The molecule has 9 nitrogen and oxygen atoms in total. The fraction of sp³-hybridized carbons (Fsp3) is 0.391. The predicted octanol–water partition coefficient (Wildman–Crippen LogP) is 2.86. The Balaban J connectivity index is 2.09. The first-order chi connectivity index (χ1) is 15.4. The van der Waals surface area contributed by atoms with E-state index in [0.29, 0.717) is 30.8 Å². The Morgan fingerprint density at radius 3 is 2.47 bits per heavy atom. The Hall–Kier alpha value is -3.62. The van der Waals surface area contributed by atoms with Gasteiger partial charge in [0.05, 0.1) is 23.1 Å². The maximum atomic E-state index is 13.6. The minimum absolute atomic E-state index is 0.00440. The van der Waals surface area contributed by atoms with Gasteiger partial charge in [-0.1, -0.05) is 44.9 Å². The first kappa shape index (κ1) is 23.1. The number of para-hydroxylation sites is 1. The summed E-state index contributed by atoms with van der Waals surface area (Å²) in [5, 5.41) is 4.38.